The first-order chi connectivity index (χ1) is 20.8. The summed E-state index contributed by atoms with van der Waals surface area (Å²) in [5.74, 6) is -0.239. The maximum Gasteiger partial charge on any atom is 0.309 e. The van der Waals surface area contributed by atoms with Crippen LogP contribution in [0.3, 0.4) is 0 Å². The average molecular weight is 608 g/mol. The average Bonchev–Trinajstić information content (AvgIpc) is 3.27. The molecule has 0 spiro atoms. The van der Waals surface area contributed by atoms with Crippen LogP contribution in [0, 0.1) is 5.41 Å². The first-order valence-corrected chi connectivity index (χ1v) is 15.2. The lowest BCUT2D eigenvalue weighted by Gasteiger charge is -2.22. The Balaban J connectivity index is 1.44. The minimum Gasteiger partial charge on any atom is -0.486 e. The number of benzene rings is 3. The number of ether oxygens (including phenoxy) is 1. The van der Waals surface area contributed by atoms with Gasteiger partial charge in [0.2, 0.25) is 0 Å². The van der Waals surface area contributed by atoms with E-state index >= 15 is 0 Å². The molecular weight excluding hydrogens is 578 g/mol. The number of carbonyl (C=O) groups is 1. The van der Waals surface area contributed by atoms with Gasteiger partial charge in [0.15, 0.2) is 0 Å². The van der Waals surface area contributed by atoms with E-state index in [0.29, 0.717) is 30.3 Å². The van der Waals surface area contributed by atoms with E-state index in [2.05, 4.69) is 16.7 Å². The molecule has 3 aromatic carbocycles. The third-order valence-corrected chi connectivity index (χ3v) is 8.80. The second kappa shape index (κ2) is 12.1. The summed E-state index contributed by atoms with van der Waals surface area (Å²) in [6.45, 7) is 4.33. The molecule has 6 aromatic rings. The summed E-state index contributed by atoms with van der Waals surface area (Å²) >= 11 is 7.78. The number of aromatic nitrogens is 3. The summed E-state index contributed by atoms with van der Waals surface area (Å²) in [5, 5.41) is 12.7. The van der Waals surface area contributed by atoms with Crippen molar-refractivity contribution in [1.29, 1.82) is 0 Å². The van der Waals surface area contributed by atoms with Crippen molar-refractivity contribution in [3.63, 3.8) is 0 Å². The summed E-state index contributed by atoms with van der Waals surface area (Å²) in [5.41, 5.74) is 3.45. The molecule has 0 atom stereocenters. The van der Waals surface area contributed by atoms with Crippen molar-refractivity contribution in [2.75, 3.05) is 0 Å². The summed E-state index contributed by atoms with van der Waals surface area (Å²) in [6.07, 6.45) is 2.05. The Kier molecular flexibility index (Phi) is 8.10. The first-order valence-electron chi connectivity index (χ1n) is 14.0. The van der Waals surface area contributed by atoms with Gasteiger partial charge in [-0.25, -0.2) is 9.97 Å². The van der Waals surface area contributed by atoms with E-state index < -0.39 is 11.4 Å². The van der Waals surface area contributed by atoms with E-state index in [-0.39, 0.29) is 0 Å². The van der Waals surface area contributed by atoms with Gasteiger partial charge in [0.05, 0.1) is 22.8 Å². The number of pyridine rings is 2. The maximum absolute atomic E-state index is 12.3. The third-order valence-electron chi connectivity index (χ3n) is 7.38. The standard InChI is InChI=1S/C35H30ClN3O3S/c1-35(2,34(40)41)19-31-32(43-28-9-4-3-5-10-28)29-18-27(42-22-26-17-14-24-8-6-7-11-30(24)38-26)20-37-33(29)39(31)21-23-12-15-25(36)16-13-23/h3-18,20H,19,21-22H2,1-2H3,(H,40,41). The Morgan fingerprint density at radius 1 is 0.977 bits per heavy atom. The molecule has 0 aliphatic heterocycles. The number of hydrogen-bond acceptors (Lipinski definition) is 5. The predicted molar refractivity (Wildman–Crippen MR) is 172 cm³/mol. The SMILES string of the molecule is CC(C)(Cc1c(Sc2ccccc2)c2cc(OCc3ccc4ccccc4n3)cnc2n1Cc1ccc(Cl)cc1)C(=O)O. The maximum atomic E-state index is 12.3. The number of nitrogens with zero attached hydrogens (tertiary/aromatic N) is 3. The molecule has 0 saturated carbocycles. The Morgan fingerprint density at radius 2 is 1.72 bits per heavy atom. The molecule has 6 rings (SSSR count). The smallest absolute Gasteiger partial charge is 0.309 e. The van der Waals surface area contributed by atoms with Crippen molar-refractivity contribution >= 4 is 51.3 Å². The molecular formula is C35H30ClN3O3S. The lowest BCUT2D eigenvalue weighted by molar-refractivity contribution is -0.146. The third kappa shape index (κ3) is 6.38. The van der Waals surface area contributed by atoms with Crippen molar-refractivity contribution in [2.45, 2.75) is 43.2 Å². The van der Waals surface area contributed by atoms with Gasteiger partial charge in [0, 0.05) is 44.2 Å². The monoisotopic (exact) mass is 607 g/mol. The Labute approximate surface area is 259 Å². The van der Waals surface area contributed by atoms with Crippen LogP contribution in [0.4, 0.5) is 0 Å². The van der Waals surface area contributed by atoms with E-state index in [0.717, 1.165) is 48.7 Å². The quantitative estimate of drug-likeness (QED) is 0.168. The number of hydrogen-bond donors (Lipinski definition) is 1. The zero-order valence-electron chi connectivity index (χ0n) is 23.8. The highest BCUT2D eigenvalue weighted by Crippen LogP contribution is 2.42. The highest BCUT2D eigenvalue weighted by molar-refractivity contribution is 7.99. The summed E-state index contributed by atoms with van der Waals surface area (Å²) in [6, 6.07) is 31.8. The number of carboxylic acid groups (broad SMARTS) is 1. The Hall–Kier alpha value is -4.33. The summed E-state index contributed by atoms with van der Waals surface area (Å²) < 4.78 is 8.35. The highest BCUT2D eigenvalue weighted by atomic mass is 35.5. The van der Waals surface area contributed by atoms with E-state index in [1.165, 1.54) is 0 Å². The van der Waals surface area contributed by atoms with Crippen LogP contribution in [0.1, 0.15) is 30.8 Å². The van der Waals surface area contributed by atoms with E-state index in [9.17, 15) is 9.90 Å². The number of aliphatic carboxylic acids is 1. The lowest BCUT2D eigenvalue weighted by Crippen LogP contribution is -2.27. The summed E-state index contributed by atoms with van der Waals surface area (Å²) in [7, 11) is 0. The van der Waals surface area contributed by atoms with E-state index in [1.54, 1.807) is 31.8 Å². The second-order valence-corrected chi connectivity index (χ2v) is 12.6. The molecule has 0 saturated heterocycles. The zero-order chi connectivity index (χ0) is 30.0. The fraction of sp³-hybridized carbons (Fsp3) is 0.171. The molecule has 0 bridgehead atoms. The highest BCUT2D eigenvalue weighted by Gasteiger charge is 2.32. The van der Waals surface area contributed by atoms with Crippen LogP contribution in [-0.2, 0) is 24.4 Å². The van der Waals surface area contributed by atoms with Gasteiger partial charge >= 0.3 is 5.97 Å². The van der Waals surface area contributed by atoms with Crippen LogP contribution in [-0.4, -0.2) is 25.6 Å². The van der Waals surface area contributed by atoms with Gasteiger partial charge in [-0.2, -0.15) is 0 Å². The van der Waals surface area contributed by atoms with Crippen LogP contribution >= 0.6 is 23.4 Å². The molecule has 43 heavy (non-hydrogen) atoms. The number of halogens is 1. The van der Waals surface area contributed by atoms with Crippen LogP contribution in [0.5, 0.6) is 5.75 Å². The molecule has 0 aliphatic carbocycles. The second-order valence-electron chi connectivity index (χ2n) is 11.1. The number of carboxylic acids is 1. The van der Waals surface area contributed by atoms with Crippen LogP contribution in [0.25, 0.3) is 21.9 Å². The van der Waals surface area contributed by atoms with Crippen molar-refractivity contribution in [2.24, 2.45) is 5.41 Å². The molecule has 0 aliphatic rings. The molecule has 0 unspecified atom stereocenters. The van der Waals surface area contributed by atoms with Gasteiger partial charge in [0.25, 0.3) is 0 Å². The largest absolute Gasteiger partial charge is 0.486 e. The molecule has 8 heteroatoms. The Morgan fingerprint density at radius 3 is 2.49 bits per heavy atom. The minimum absolute atomic E-state index is 0.295. The molecule has 3 heterocycles. The number of rotatable bonds is 10. The zero-order valence-corrected chi connectivity index (χ0v) is 25.4. The topological polar surface area (TPSA) is 77.2 Å². The van der Waals surface area contributed by atoms with Crippen LogP contribution in [0.2, 0.25) is 5.02 Å². The number of fused-ring (bicyclic) bond motifs is 2. The fourth-order valence-electron chi connectivity index (χ4n) is 4.98. The molecule has 216 valence electrons. The number of para-hydroxylation sites is 1. The fourth-order valence-corrected chi connectivity index (χ4v) is 6.20. The molecule has 1 N–H and O–H groups in total. The van der Waals surface area contributed by atoms with Gasteiger partial charge in [-0.3, -0.25) is 4.79 Å². The normalized spacial score (nSPS) is 11.7. The van der Waals surface area contributed by atoms with Crippen molar-refractivity contribution in [3.8, 4) is 5.75 Å². The molecule has 3 aromatic heterocycles. The van der Waals surface area contributed by atoms with Crippen molar-refractivity contribution < 1.29 is 14.6 Å². The van der Waals surface area contributed by atoms with Crippen LogP contribution < -0.4 is 4.74 Å². The molecule has 0 radical (unpaired) electrons. The van der Waals surface area contributed by atoms with Crippen molar-refractivity contribution in [1.82, 2.24) is 14.5 Å². The first kappa shape index (κ1) is 28.8. The van der Waals surface area contributed by atoms with Gasteiger partial charge in [-0.1, -0.05) is 78.0 Å². The van der Waals surface area contributed by atoms with Gasteiger partial charge in [-0.05, 0) is 61.9 Å². The van der Waals surface area contributed by atoms with E-state index in [1.807, 2.05) is 84.9 Å². The molecule has 6 nitrogen and oxygen atoms in total. The predicted octanol–water partition coefficient (Wildman–Crippen LogP) is 8.67. The summed E-state index contributed by atoms with van der Waals surface area (Å²) in [4.78, 5) is 23.9. The van der Waals surface area contributed by atoms with Gasteiger partial charge < -0.3 is 14.4 Å². The van der Waals surface area contributed by atoms with Gasteiger partial charge in [0.1, 0.15) is 18.0 Å². The lowest BCUT2D eigenvalue weighted by atomic mass is 9.88. The molecule has 0 fully saturated rings. The minimum atomic E-state index is -1.00. The van der Waals surface area contributed by atoms with Crippen molar-refractivity contribution in [3.05, 3.63) is 125 Å². The molecule has 0 amide bonds. The Bertz CT molecular complexity index is 1920. The van der Waals surface area contributed by atoms with Crippen LogP contribution in [0.15, 0.2) is 113 Å². The van der Waals surface area contributed by atoms with Gasteiger partial charge in [-0.15, -0.1) is 0 Å². The van der Waals surface area contributed by atoms with E-state index in [4.69, 9.17) is 26.3 Å².